The second kappa shape index (κ2) is 5.75. The highest BCUT2D eigenvalue weighted by atomic mass is 32.1. The number of aromatic nitrogens is 1. The Kier molecular flexibility index (Phi) is 4.37. The first-order valence-electron chi connectivity index (χ1n) is 7.29. The summed E-state index contributed by atoms with van der Waals surface area (Å²) in [5.41, 5.74) is 1.02. The summed E-state index contributed by atoms with van der Waals surface area (Å²) in [6.07, 6.45) is 0.610. The second-order valence-electron chi connectivity index (χ2n) is 6.49. The van der Waals surface area contributed by atoms with Gasteiger partial charge in [-0.05, 0) is 13.3 Å². The molecule has 1 aromatic rings. The zero-order valence-corrected chi connectivity index (χ0v) is 14.1. The van der Waals surface area contributed by atoms with Crippen molar-refractivity contribution in [2.75, 3.05) is 0 Å². The van der Waals surface area contributed by atoms with Crippen LogP contribution in [0.2, 0.25) is 0 Å². The van der Waals surface area contributed by atoms with Gasteiger partial charge in [0.25, 0.3) is 0 Å². The zero-order chi connectivity index (χ0) is 15.8. The Morgan fingerprint density at radius 2 is 2.05 bits per heavy atom. The Hall–Kier alpha value is -1.43. The minimum atomic E-state index is -0.442. The number of nitrogens with one attached hydrogen (secondary N) is 1. The van der Waals surface area contributed by atoms with Crippen LogP contribution in [-0.4, -0.2) is 33.8 Å². The fourth-order valence-electron chi connectivity index (χ4n) is 2.25. The topological polar surface area (TPSA) is 62.3 Å². The van der Waals surface area contributed by atoms with Gasteiger partial charge in [-0.15, -0.1) is 11.3 Å². The predicted octanol–water partition coefficient (Wildman–Crippen LogP) is 2.07. The summed E-state index contributed by atoms with van der Waals surface area (Å²) in [6.45, 7) is 10.4. The number of rotatable bonds is 3. The van der Waals surface area contributed by atoms with Gasteiger partial charge >= 0.3 is 0 Å². The van der Waals surface area contributed by atoms with Crippen molar-refractivity contribution in [2.24, 2.45) is 0 Å². The van der Waals surface area contributed by atoms with Crippen LogP contribution < -0.4 is 5.32 Å². The molecule has 1 N–H and O–H groups in total. The average Bonchev–Trinajstić information content (AvgIpc) is 2.87. The van der Waals surface area contributed by atoms with Gasteiger partial charge in [-0.1, -0.05) is 27.7 Å². The third kappa shape index (κ3) is 3.26. The van der Waals surface area contributed by atoms with E-state index in [0.717, 1.165) is 10.7 Å². The van der Waals surface area contributed by atoms with Crippen molar-refractivity contribution in [2.45, 2.75) is 65.1 Å². The van der Waals surface area contributed by atoms with Crippen LogP contribution in [0.4, 0.5) is 0 Å². The molecule has 2 rings (SSSR count). The number of hydrogen-bond donors (Lipinski definition) is 1. The molecule has 0 saturated carbocycles. The molecule has 1 aliphatic heterocycles. The first kappa shape index (κ1) is 15.9. The Bertz CT molecular complexity index is 547. The Morgan fingerprint density at radius 3 is 2.57 bits per heavy atom. The SMILES string of the molecule is CCC1NC(=O)C(C)N(Cc2nc(C(C)(C)C)cs2)C1=O. The predicted molar refractivity (Wildman–Crippen MR) is 83.0 cm³/mol. The van der Waals surface area contributed by atoms with Crippen molar-refractivity contribution in [1.82, 2.24) is 15.2 Å². The minimum absolute atomic E-state index is 0.00436. The van der Waals surface area contributed by atoms with Gasteiger partial charge in [0.05, 0.1) is 12.2 Å². The van der Waals surface area contributed by atoms with Gasteiger partial charge in [0, 0.05) is 10.8 Å². The lowest BCUT2D eigenvalue weighted by molar-refractivity contribution is -0.149. The third-order valence-electron chi connectivity index (χ3n) is 3.78. The van der Waals surface area contributed by atoms with E-state index in [0.29, 0.717) is 13.0 Å². The van der Waals surface area contributed by atoms with Gasteiger partial charge in [0.15, 0.2) is 0 Å². The van der Waals surface area contributed by atoms with Gasteiger partial charge in [-0.3, -0.25) is 9.59 Å². The van der Waals surface area contributed by atoms with Gasteiger partial charge in [-0.2, -0.15) is 0 Å². The van der Waals surface area contributed by atoms with E-state index in [1.807, 2.05) is 12.3 Å². The molecule has 21 heavy (non-hydrogen) atoms. The smallest absolute Gasteiger partial charge is 0.246 e. The van der Waals surface area contributed by atoms with Crippen LogP contribution >= 0.6 is 11.3 Å². The second-order valence-corrected chi connectivity index (χ2v) is 7.43. The Balaban J connectivity index is 2.18. The first-order valence-corrected chi connectivity index (χ1v) is 8.17. The summed E-state index contributed by atoms with van der Waals surface area (Å²) in [7, 11) is 0. The quantitative estimate of drug-likeness (QED) is 0.929. The van der Waals surface area contributed by atoms with E-state index in [1.54, 1.807) is 23.2 Å². The fourth-order valence-corrected chi connectivity index (χ4v) is 3.27. The molecular formula is C15H23N3O2S. The molecule has 5 nitrogen and oxygen atoms in total. The first-order chi connectivity index (χ1) is 9.74. The summed E-state index contributed by atoms with van der Waals surface area (Å²) in [6, 6.07) is -0.849. The molecular weight excluding hydrogens is 286 g/mol. The van der Waals surface area contributed by atoms with E-state index in [1.165, 1.54) is 0 Å². The number of nitrogens with zero attached hydrogens (tertiary/aromatic N) is 2. The van der Waals surface area contributed by atoms with Gasteiger partial charge in [0.2, 0.25) is 11.8 Å². The summed E-state index contributed by atoms with van der Waals surface area (Å²) >= 11 is 1.55. The molecule has 1 saturated heterocycles. The molecule has 2 amide bonds. The molecule has 6 heteroatoms. The molecule has 1 aromatic heterocycles. The maximum atomic E-state index is 12.4. The number of amides is 2. The van der Waals surface area contributed by atoms with Crippen LogP contribution in [0.25, 0.3) is 0 Å². The van der Waals surface area contributed by atoms with Gasteiger partial charge < -0.3 is 10.2 Å². The fraction of sp³-hybridized carbons (Fsp3) is 0.667. The summed E-state index contributed by atoms with van der Waals surface area (Å²) in [4.78, 5) is 30.6. The number of hydrogen-bond acceptors (Lipinski definition) is 4. The van der Waals surface area contributed by atoms with Crippen LogP contribution in [0.3, 0.4) is 0 Å². The Morgan fingerprint density at radius 1 is 1.38 bits per heavy atom. The molecule has 0 aliphatic carbocycles. The highest BCUT2D eigenvalue weighted by Gasteiger charge is 2.37. The average molecular weight is 309 g/mol. The van der Waals surface area contributed by atoms with Gasteiger partial charge in [0.1, 0.15) is 17.1 Å². The van der Waals surface area contributed by atoms with Crippen molar-refractivity contribution in [3.05, 3.63) is 16.1 Å². The Labute approximate surface area is 129 Å². The molecule has 2 heterocycles. The largest absolute Gasteiger partial charge is 0.343 e. The van der Waals surface area contributed by atoms with Crippen LogP contribution in [0, 0.1) is 0 Å². The van der Waals surface area contributed by atoms with E-state index in [2.05, 4.69) is 31.1 Å². The lowest BCUT2D eigenvalue weighted by atomic mass is 9.93. The molecule has 2 unspecified atom stereocenters. The molecule has 1 aliphatic rings. The standard InChI is InChI=1S/C15H23N3O2S/c1-6-10-14(20)18(9(2)13(19)16-10)7-12-17-11(8-21-12)15(3,4)5/h8-10H,6-7H2,1-5H3,(H,16,19). The molecule has 0 radical (unpaired) electrons. The number of thiazole rings is 1. The summed E-state index contributed by atoms with van der Waals surface area (Å²) < 4.78 is 0. The molecule has 0 aromatic carbocycles. The van der Waals surface area contributed by atoms with Crippen LogP contribution in [0.15, 0.2) is 5.38 Å². The number of carbonyl (C=O) groups is 2. The van der Waals surface area contributed by atoms with E-state index in [9.17, 15) is 9.59 Å². The molecule has 0 bridgehead atoms. The summed E-state index contributed by atoms with van der Waals surface area (Å²) in [5.74, 6) is -0.105. The van der Waals surface area contributed by atoms with E-state index in [-0.39, 0.29) is 17.2 Å². The van der Waals surface area contributed by atoms with Crippen molar-refractivity contribution in [3.8, 4) is 0 Å². The van der Waals surface area contributed by atoms with Crippen LogP contribution in [0.5, 0.6) is 0 Å². The maximum absolute atomic E-state index is 12.4. The van der Waals surface area contributed by atoms with E-state index >= 15 is 0 Å². The van der Waals surface area contributed by atoms with Gasteiger partial charge in [-0.25, -0.2) is 4.98 Å². The molecule has 2 atom stereocenters. The molecule has 0 spiro atoms. The van der Waals surface area contributed by atoms with Crippen molar-refractivity contribution >= 4 is 23.2 Å². The van der Waals surface area contributed by atoms with Crippen molar-refractivity contribution < 1.29 is 9.59 Å². The summed E-state index contributed by atoms with van der Waals surface area (Å²) in [5, 5.41) is 5.68. The monoisotopic (exact) mass is 309 g/mol. The lowest BCUT2D eigenvalue weighted by Gasteiger charge is -2.36. The van der Waals surface area contributed by atoms with E-state index < -0.39 is 12.1 Å². The van der Waals surface area contributed by atoms with E-state index in [4.69, 9.17) is 0 Å². The number of piperazine rings is 1. The zero-order valence-electron chi connectivity index (χ0n) is 13.3. The molecule has 1 fully saturated rings. The highest BCUT2D eigenvalue weighted by molar-refractivity contribution is 7.09. The number of carbonyl (C=O) groups excluding carboxylic acids is 2. The highest BCUT2D eigenvalue weighted by Crippen LogP contribution is 2.25. The normalized spacial score (nSPS) is 23.4. The molecule has 116 valence electrons. The van der Waals surface area contributed by atoms with Crippen molar-refractivity contribution in [3.63, 3.8) is 0 Å². The van der Waals surface area contributed by atoms with Crippen molar-refractivity contribution in [1.29, 1.82) is 0 Å². The minimum Gasteiger partial charge on any atom is -0.343 e. The van der Waals surface area contributed by atoms with Crippen LogP contribution in [0.1, 0.15) is 51.7 Å². The third-order valence-corrected chi connectivity index (χ3v) is 4.61. The van der Waals surface area contributed by atoms with Crippen LogP contribution in [-0.2, 0) is 21.5 Å². The lowest BCUT2D eigenvalue weighted by Crippen LogP contribution is -2.61. The maximum Gasteiger partial charge on any atom is 0.246 e.